The van der Waals surface area contributed by atoms with Crippen LogP contribution in [-0.4, -0.2) is 16.6 Å². The largest absolute Gasteiger partial charge is 0.493 e. The van der Waals surface area contributed by atoms with Gasteiger partial charge in [-0.05, 0) is 71.8 Å². The van der Waals surface area contributed by atoms with Crippen LogP contribution >= 0.6 is 11.3 Å². The minimum absolute atomic E-state index is 0.745. The Morgan fingerprint density at radius 1 is 0.929 bits per heavy atom. The van der Waals surface area contributed by atoms with Gasteiger partial charge in [0.1, 0.15) is 5.75 Å². The number of aryl methyl sites for hydroxylation is 1. The lowest BCUT2D eigenvalue weighted by molar-refractivity contribution is 0.306. The molecule has 0 unspecified atom stereocenters. The Bertz CT molecular complexity index is 963. The minimum Gasteiger partial charge on any atom is -0.493 e. The van der Waals surface area contributed by atoms with Gasteiger partial charge in [-0.15, -0.1) is 0 Å². The molecule has 2 heterocycles. The van der Waals surface area contributed by atoms with Crippen molar-refractivity contribution in [1.29, 1.82) is 0 Å². The first-order chi connectivity index (χ1) is 13.9. The molecule has 0 bridgehead atoms. The lowest BCUT2D eigenvalue weighted by Gasteiger charge is -2.12. The van der Waals surface area contributed by atoms with Crippen LogP contribution in [0.5, 0.6) is 5.75 Å². The fraction of sp³-hybridized carbons (Fsp3) is 0.208. The highest BCUT2D eigenvalue weighted by Crippen LogP contribution is 2.35. The third kappa shape index (κ3) is 4.70. The van der Waals surface area contributed by atoms with Gasteiger partial charge >= 0.3 is 0 Å². The van der Waals surface area contributed by atoms with Crippen molar-refractivity contribution in [3.05, 3.63) is 83.4 Å². The zero-order valence-corrected chi connectivity index (χ0v) is 16.6. The van der Waals surface area contributed by atoms with Crippen molar-refractivity contribution >= 4 is 11.3 Å². The number of aromatic nitrogens is 2. The van der Waals surface area contributed by atoms with Crippen LogP contribution in [0.3, 0.4) is 0 Å². The molecule has 0 amide bonds. The highest BCUT2D eigenvalue weighted by molar-refractivity contribution is 7.08. The monoisotopic (exact) mass is 388 g/mol. The lowest BCUT2D eigenvalue weighted by atomic mass is 10.0. The third-order valence-corrected chi connectivity index (χ3v) is 5.51. The first-order valence-corrected chi connectivity index (χ1v) is 10.7. The highest BCUT2D eigenvalue weighted by Gasteiger charge is 2.10. The number of unbranched alkanes of at least 4 members (excludes halogenated alkanes) is 2. The highest BCUT2D eigenvalue weighted by atomic mass is 32.1. The molecule has 4 rings (SSSR count). The zero-order chi connectivity index (χ0) is 19.0. The molecule has 142 valence electrons. The second-order valence-electron chi connectivity index (χ2n) is 6.83. The van der Waals surface area contributed by atoms with Crippen LogP contribution in [0.15, 0.2) is 77.9 Å². The Morgan fingerprint density at radius 3 is 2.64 bits per heavy atom. The minimum atomic E-state index is 0.745. The van der Waals surface area contributed by atoms with E-state index in [9.17, 15) is 0 Å². The number of imidazole rings is 1. The van der Waals surface area contributed by atoms with E-state index in [0.717, 1.165) is 42.0 Å². The summed E-state index contributed by atoms with van der Waals surface area (Å²) in [4.78, 5) is 7.30. The smallest absolute Gasteiger partial charge is 0.127 e. The van der Waals surface area contributed by atoms with Crippen LogP contribution in [0.2, 0.25) is 0 Å². The maximum Gasteiger partial charge on any atom is 0.127 e. The molecule has 1 N–H and O–H groups in total. The van der Waals surface area contributed by atoms with E-state index in [4.69, 9.17) is 4.74 Å². The summed E-state index contributed by atoms with van der Waals surface area (Å²) >= 11 is 1.70. The summed E-state index contributed by atoms with van der Waals surface area (Å²) in [5.41, 5.74) is 5.89. The number of nitrogens with one attached hydrogen (secondary N) is 1. The van der Waals surface area contributed by atoms with Gasteiger partial charge in [-0.3, -0.25) is 0 Å². The molecule has 0 saturated carbocycles. The standard InChI is InChI=1S/C24H24N2OS/c1-3-7-19(8-4-1)9-5-2-6-13-27-24-11-10-20(23-16-25-18-26-23)15-22(24)21-12-14-28-17-21/h1,3-4,7-8,10-12,14-18H,2,5-6,9,13H2,(H,25,26). The zero-order valence-electron chi connectivity index (χ0n) is 15.8. The summed E-state index contributed by atoms with van der Waals surface area (Å²) in [7, 11) is 0. The molecule has 0 radical (unpaired) electrons. The van der Waals surface area contributed by atoms with Gasteiger partial charge in [0.05, 0.1) is 24.8 Å². The SMILES string of the molecule is c1ccc(CCCCCOc2ccc(-c3cnc[nH]3)cc2-c2ccsc2)cc1. The van der Waals surface area contributed by atoms with E-state index in [-0.39, 0.29) is 0 Å². The summed E-state index contributed by atoms with van der Waals surface area (Å²) in [6, 6.07) is 19.2. The predicted molar refractivity (Wildman–Crippen MR) is 117 cm³/mol. The van der Waals surface area contributed by atoms with Crippen LogP contribution in [0.4, 0.5) is 0 Å². The molecular formula is C24H24N2OS. The number of aromatic amines is 1. The van der Waals surface area contributed by atoms with Gasteiger partial charge in [0.25, 0.3) is 0 Å². The second-order valence-corrected chi connectivity index (χ2v) is 7.61. The van der Waals surface area contributed by atoms with Gasteiger partial charge in [-0.25, -0.2) is 4.98 Å². The molecule has 0 aliphatic rings. The maximum absolute atomic E-state index is 6.16. The second kappa shape index (κ2) is 9.38. The van der Waals surface area contributed by atoms with Crippen LogP contribution in [0.25, 0.3) is 22.4 Å². The van der Waals surface area contributed by atoms with E-state index >= 15 is 0 Å². The number of ether oxygens (including phenoxy) is 1. The van der Waals surface area contributed by atoms with E-state index in [1.54, 1.807) is 17.7 Å². The van der Waals surface area contributed by atoms with E-state index < -0.39 is 0 Å². The van der Waals surface area contributed by atoms with Crippen LogP contribution in [0, 0.1) is 0 Å². The first kappa shape index (κ1) is 18.5. The number of rotatable bonds is 9. The molecule has 4 heteroatoms. The number of hydrogen-bond acceptors (Lipinski definition) is 3. The topological polar surface area (TPSA) is 37.9 Å². The molecule has 2 aromatic carbocycles. The summed E-state index contributed by atoms with van der Waals surface area (Å²) < 4.78 is 6.16. The van der Waals surface area contributed by atoms with Crippen molar-refractivity contribution in [2.75, 3.05) is 6.61 Å². The molecule has 0 fully saturated rings. The number of benzene rings is 2. The number of nitrogens with zero attached hydrogens (tertiary/aromatic N) is 1. The fourth-order valence-corrected chi connectivity index (χ4v) is 3.97. The summed E-state index contributed by atoms with van der Waals surface area (Å²) in [5, 5.41) is 4.27. The van der Waals surface area contributed by atoms with Crippen molar-refractivity contribution in [3.8, 4) is 28.1 Å². The number of hydrogen-bond donors (Lipinski definition) is 1. The van der Waals surface area contributed by atoms with E-state index in [1.807, 2.05) is 6.20 Å². The van der Waals surface area contributed by atoms with E-state index in [0.29, 0.717) is 0 Å². The Morgan fingerprint density at radius 2 is 1.86 bits per heavy atom. The number of H-pyrrole nitrogens is 1. The summed E-state index contributed by atoms with van der Waals surface area (Å²) in [5.74, 6) is 0.949. The summed E-state index contributed by atoms with van der Waals surface area (Å²) in [6.45, 7) is 0.745. The fourth-order valence-electron chi connectivity index (χ4n) is 3.32. The molecule has 0 saturated heterocycles. The predicted octanol–water partition coefficient (Wildman–Crippen LogP) is 6.60. The molecule has 0 aliphatic heterocycles. The van der Waals surface area contributed by atoms with Gasteiger partial charge in [0.2, 0.25) is 0 Å². The van der Waals surface area contributed by atoms with Gasteiger partial charge in [-0.2, -0.15) is 11.3 Å². The molecule has 4 aromatic rings. The average Bonchev–Trinajstić information content (AvgIpc) is 3.46. The van der Waals surface area contributed by atoms with Gasteiger partial charge in [0.15, 0.2) is 0 Å². The van der Waals surface area contributed by atoms with Crippen molar-refractivity contribution in [1.82, 2.24) is 9.97 Å². The van der Waals surface area contributed by atoms with Crippen molar-refractivity contribution in [2.45, 2.75) is 25.7 Å². The van der Waals surface area contributed by atoms with Crippen molar-refractivity contribution in [2.24, 2.45) is 0 Å². The van der Waals surface area contributed by atoms with Crippen molar-refractivity contribution < 1.29 is 4.74 Å². The molecule has 2 aromatic heterocycles. The van der Waals surface area contributed by atoms with Crippen LogP contribution in [0.1, 0.15) is 24.8 Å². The van der Waals surface area contributed by atoms with Gasteiger partial charge < -0.3 is 9.72 Å². The summed E-state index contributed by atoms with van der Waals surface area (Å²) in [6.07, 6.45) is 8.13. The van der Waals surface area contributed by atoms with Gasteiger partial charge in [0, 0.05) is 11.1 Å². The van der Waals surface area contributed by atoms with E-state index in [1.165, 1.54) is 24.0 Å². The molecule has 28 heavy (non-hydrogen) atoms. The Labute approximate surface area is 170 Å². The maximum atomic E-state index is 6.16. The first-order valence-electron chi connectivity index (χ1n) is 9.72. The van der Waals surface area contributed by atoms with Crippen molar-refractivity contribution in [3.63, 3.8) is 0 Å². The Kier molecular flexibility index (Phi) is 6.20. The quantitative estimate of drug-likeness (QED) is 0.328. The normalized spacial score (nSPS) is 10.9. The van der Waals surface area contributed by atoms with Crippen LogP contribution in [-0.2, 0) is 6.42 Å². The molecular weight excluding hydrogens is 364 g/mol. The average molecular weight is 389 g/mol. The third-order valence-electron chi connectivity index (χ3n) is 4.83. The molecule has 0 spiro atoms. The molecule has 0 atom stereocenters. The van der Waals surface area contributed by atoms with E-state index in [2.05, 4.69) is 75.3 Å². The Balaban J connectivity index is 1.36. The Hall–Kier alpha value is -2.85. The molecule has 3 nitrogen and oxygen atoms in total. The lowest BCUT2D eigenvalue weighted by Crippen LogP contribution is -1.99. The molecule has 0 aliphatic carbocycles. The van der Waals surface area contributed by atoms with Crippen LogP contribution < -0.4 is 4.74 Å². The van der Waals surface area contributed by atoms with Gasteiger partial charge in [-0.1, -0.05) is 30.3 Å². The number of thiophene rings is 1.